The van der Waals surface area contributed by atoms with E-state index in [1.807, 2.05) is 20.8 Å². The van der Waals surface area contributed by atoms with Gasteiger partial charge in [-0.25, -0.2) is 0 Å². The number of hydrogen-bond acceptors (Lipinski definition) is 4. The molecule has 0 aromatic heterocycles. The van der Waals surface area contributed by atoms with Crippen molar-refractivity contribution in [2.45, 2.75) is 45.6 Å². The summed E-state index contributed by atoms with van der Waals surface area (Å²) in [6.45, 7) is 8.37. The van der Waals surface area contributed by atoms with Gasteiger partial charge in [0.15, 0.2) is 0 Å². The Morgan fingerprint density at radius 2 is 2.00 bits per heavy atom. The van der Waals surface area contributed by atoms with Gasteiger partial charge in [0.05, 0.1) is 12.0 Å². The molecule has 2 aliphatic rings. The lowest BCUT2D eigenvalue weighted by Gasteiger charge is -2.43. The molecule has 0 aliphatic carbocycles. The number of hydrogen-bond donors (Lipinski definition) is 1. The molecule has 0 bridgehead atoms. The van der Waals surface area contributed by atoms with Crippen molar-refractivity contribution in [1.29, 1.82) is 0 Å². The Hall–Kier alpha value is -1.10. The van der Waals surface area contributed by atoms with Gasteiger partial charge >= 0.3 is 5.97 Å². The van der Waals surface area contributed by atoms with Crippen molar-refractivity contribution in [2.24, 2.45) is 5.41 Å². The Morgan fingerprint density at radius 1 is 1.37 bits per heavy atom. The Bertz CT molecular complexity index is 371. The number of rotatable bonds is 3. The number of likely N-dealkylation sites (tertiary alicyclic amines) is 1. The molecule has 5 heteroatoms. The third-order valence-electron chi connectivity index (χ3n) is 4.66. The van der Waals surface area contributed by atoms with E-state index in [-0.39, 0.29) is 17.3 Å². The first-order chi connectivity index (χ1) is 8.92. The van der Waals surface area contributed by atoms with Crippen LogP contribution >= 0.6 is 0 Å². The van der Waals surface area contributed by atoms with Gasteiger partial charge in [-0.05, 0) is 40.0 Å². The fraction of sp³-hybridized carbons (Fsp3) is 0.857. The van der Waals surface area contributed by atoms with Gasteiger partial charge in [0.1, 0.15) is 5.54 Å². The molecule has 2 rings (SSSR count). The molecule has 0 aromatic carbocycles. The van der Waals surface area contributed by atoms with Crippen LogP contribution in [0.1, 0.15) is 40.0 Å². The van der Waals surface area contributed by atoms with Crippen LogP contribution in [-0.2, 0) is 14.3 Å². The Morgan fingerprint density at radius 3 is 2.47 bits per heavy atom. The highest BCUT2D eigenvalue weighted by atomic mass is 16.5. The molecule has 1 amide bonds. The van der Waals surface area contributed by atoms with Crippen LogP contribution in [0.25, 0.3) is 0 Å². The SMILES string of the molecule is CCOC(=O)C(C)(C)N1CCC2(CCNC2=O)CC1. The molecule has 0 atom stereocenters. The number of ether oxygens (including phenoxy) is 1. The fourth-order valence-electron chi connectivity index (χ4n) is 3.12. The number of nitrogens with zero attached hydrogens (tertiary/aromatic N) is 1. The van der Waals surface area contributed by atoms with Crippen LogP contribution in [-0.4, -0.2) is 48.6 Å². The van der Waals surface area contributed by atoms with Crippen LogP contribution in [0.4, 0.5) is 0 Å². The highest BCUT2D eigenvalue weighted by molar-refractivity contribution is 5.85. The molecule has 0 saturated carbocycles. The van der Waals surface area contributed by atoms with Gasteiger partial charge in [0.2, 0.25) is 5.91 Å². The molecule has 0 radical (unpaired) electrons. The standard InChI is InChI=1S/C14H24N2O3/c1-4-19-12(18)13(2,3)16-9-6-14(7-10-16)5-8-15-11(14)17/h4-10H2,1-3H3,(H,15,17). The molecule has 19 heavy (non-hydrogen) atoms. The van der Waals surface area contributed by atoms with E-state index in [1.54, 1.807) is 0 Å². The van der Waals surface area contributed by atoms with Crippen molar-refractivity contribution in [3.63, 3.8) is 0 Å². The number of carbonyl (C=O) groups is 2. The fourth-order valence-corrected chi connectivity index (χ4v) is 3.12. The molecule has 0 unspecified atom stereocenters. The van der Waals surface area contributed by atoms with Gasteiger partial charge in [0.25, 0.3) is 0 Å². The first kappa shape index (κ1) is 14.3. The van der Waals surface area contributed by atoms with E-state index < -0.39 is 5.54 Å². The summed E-state index contributed by atoms with van der Waals surface area (Å²) in [4.78, 5) is 26.1. The van der Waals surface area contributed by atoms with E-state index >= 15 is 0 Å². The molecule has 1 spiro atoms. The average molecular weight is 268 g/mol. The van der Waals surface area contributed by atoms with E-state index in [9.17, 15) is 9.59 Å². The molecular formula is C14H24N2O3. The lowest BCUT2D eigenvalue weighted by atomic mass is 9.76. The molecule has 108 valence electrons. The van der Waals surface area contributed by atoms with Crippen LogP contribution in [0, 0.1) is 5.41 Å². The molecule has 2 saturated heterocycles. The van der Waals surface area contributed by atoms with E-state index in [4.69, 9.17) is 4.74 Å². The monoisotopic (exact) mass is 268 g/mol. The lowest BCUT2D eigenvalue weighted by molar-refractivity contribution is -0.157. The number of piperidine rings is 1. The highest BCUT2D eigenvalue weighted by Gasteiger charge is 2.47. The minimum atomic E-state index is -0.604. The van der Waals surface area contributed by atoms with Crippen LogP contribution < -0.4 is 5.32 Å². The van der Waals surface area contributed by atoms with Gasteiger partial charge < -0.3 is 10.1 Å². The molecule has 5 nitrogen and oxygen atoms in total. The Kier molecular flexibility index (Phi) is 3.85. The Balaban J connectivity index is 1.99. The van der Waals surface area contributed by atoms with E-state index in [0.717, 1.165) is 38.9 Å². The molecule has 2 fully saturated rings. The van der Waals surface area contributed by atoms with Crippen molar-refractivity contribution in [3.05, 3.63) is 0 Å². The second kappa shape index (κ2) is 5.12. The summed E-state index contributed by atoms with van der Waals surface area (Å²) >= 11 is 0. The summed E-state index contributed by atoms with van der Waals surface area (Å²) in [5.41, 5.74) is -0.784. The average Bonchev–Trinajstić information content (AvgIpc) is 2.72. The topological polar surface area (TPSA) is 58.6 Å². The number of nitrogens with one attached hydrogen (secondary N) is 1. The smallest absolute Gasteiger partial charge is 0.325 e. The van der Waals surface area contributed by atoms with Crippen molar-refractivity contribution in [2.75, 3.05) is 26.2 Å². The van der Waals surface area contributed by atoms with Crippen molar-refractivity contribution < 1.29 is 14.3 Å². The van der Waals surface area contributed by atoms with Crippen molar-refractivity contribution in [1.82, 2.24) is 10.2 Å². The van der Waals surface area contributed by atoms with E-state index in [2.05, 4.69) is 10.2 Å². The minimum Gasteiger partial charge on any atom is -0.465 e. The zero-order valence-electron chi connectivity index (χ0n) is 12.1. The zero-order valence-corrected chi connectivity index (χ0v) is 12.1. The highest BCUT2D eigenvalue weighted by Crippen LogP contribution is 2.39. The summed E-state index contributed by atoms with van der Waals surface area (Å²) in [5, 5.41) is 2.93. The summed E-state index contributed by atoms with van der Waals surface area (Å²) in [6, 6.07) is 0. The predicted molar refractivity (Wildman–Crippen MR) is 71.6 cm³/mol. The molecule has 1 N–H and O–H groups in total. The second-order valence-corrected chi connectivity index (χ2v) is 6.05. The van der Waals surface area contributed by atoms with Gasteiger partial charge in [-0.1, -0.05) is 0 Å². The van der Waals surface area contributed by atoms with E-state index in [0.29, 0.717) is 6.61 Å². The largest absolute Gasteiger partial charge is 0.465 e. The first-order valence-corrected chi connectivity index (χ1v) is 7.13. The molecule has 2 heterocycles. The van der Waals surface area contributed by atoms with Crippen LogP contribution in [0.2, 0.25) is 0 Å². The van der Waals surface area contributed by atoms with Crippen molar-refractivity contribution in [3.8, 4) is 0 Å². The summed E-state index contributed by atoms with van der Waals surface area (Å²) in [6.07, 6.45) is 2.60. The number of carbonyl (C=O) groups excluding carboxylic acids is 2. The maximum absolute atomic E-state index is 12.0. The molecule has 0 aromatic rings. The summed E-state index contributed by atoms with van der Waals surface area (Å²) in [5.74, 6) is 0.0166. The van der Waals surface area contributed by atoms with Gasteiger partial charge in [0, 0.05) is 19.6 Å². The van der Waals surface area contributed by atoms with Crippen LogP contribution in [0.3, 0.4) is 0 Å². The maximum atomic E-state index is 12.0. The predicted octanol–water partition coefficient (Wildman–Crippen LogP) is 0.930. The van der Waals surface area contributed by atoms with Crippen molar-refractivity contribution >= 4 is 11.9 Å². The third kappa shape index (κ3) is 2.48. The number of amides is 1. The van der Waals surface area contributed by atoms with E-state index in [1.165, 1.54) is 0 Å². The molecule has 2 aliphatic heterocycles. The first-order valence-electron chi connectivity index (χ1n) is 7.13. The number of esters is 1. The summed E-state index contributed by atoms with van der Waals surface area (Å²) in [7, 11) is 0. The molecular weight excluding hydrogens is 244 g/mol. The lowest BCUT2D eigenvalue weighted by Crippen LogP contribution is -2.56. The van der Waals surface area contributed by atoms with Crippen LogP contribution in [0.5, 0.6) is 0 Å². The normalized spacial score (nSPS) is 23.4. The Labute approximate surface area is 114 Å². The zero-order chi connectivity index (χ0) is 14.1. The van der Waals surface area contributed by atoms with Gasteiger partial charge in [-0.15, -0.1) is 0 Å². The summed E-state index contributed by atoms with van der Waals surface area (Å²) < 4.78 is 5.14. The maximum Gasteiger partial charge on any atom is 0.325 e. The quantitative estimate of drug-likeness (QED) is 0.774. The minimum absolute atomic E-state index is 0.179. The van der Waals surface area contributed by atoms with Crippen LogP contribution in [0.15, 0.2) is 0 Å². The van der Waals surface area contributed by atoms with Gasteiger partial charge in [-0.2, -0.15) is 0 Å². The second-order valence-electron chi connectivity index (χ2n) is 6.05. The third-order valence-corrected chi connectivity index (χ3v) is 4.66. The van der Waals surface area contributed by atoms with Gasteiger partial charge in [-0.3, -0.25) is 14.5 Å².